The van der Waals surface area contributed by atoms with E-state index in [1.807, 2.05) is 6.07 Å². The quantitative estimate of drug-likeness (QED) is 0.349. The maximum absolute atomic E-state index is 14.5. The molecule has 42 heavy (non-hydrogen) atoms. The number of hydrogen-bond donors (Lipinski definition) is 2. The second kappa shape index (κ2) is 9.60. The van der Waals surface area contributed by atoms with E-state index < -0.39 is 12.0 Å². The summed E-state index contributed by atoms with van der Waals surface area (Å²) in [6.07, 6.45) is 3.74. The first kappa shape index (κ1) is 25.8. The number of pyridine rings is 1. The third-order valence-electron chi connectivity index (χ3n) is 9.34. The van der Waals surface area contributed by atoms with Gasteiger partial charge in [0.05, 0.1) is 18.2 Å². The van der Waals surface area contributed by atoms with Gasteiger partial charge in [-0.25, -0.2) is 13.8 Å². The molecule has 1 aromatic carbocycles. The summed E-state index contributed by atoms with van der Waals surface area (Å²) in [4.78, 5) is 23.3. The van der Waals surface area contributed by atoms with Crippen LogP contribution in [0.3, 0.4) is 0 Å². The van der Waals surface area contributed by atoms with Gasteiger partial charge < -0.3 is 29.8 Å². The molecular formula is C29H32F2N8O3. The van der Waals surface area contributed by atoms with Crippen molar-refractivity contribution in [2.45, 2.75) is 55.9 Å². The zero-order valence-electron chi connectivity index (χ0n) is 23.3. The average Bonchev–Trinajstić information content (AvgIpc) is 3.73. The molecule has 3 unspecified atom stereocenters. The fraction of sp³-hybridized carbons (Fsp3) is 0.517. The SMILES string of the molecule is COc1nc2c(N3CC4CCC(C3)N4)nc(OCC34CCCN3C[C@H](F)C4)nc2cc1-c1ccc(F)c2oc(N)nc12. The summed E-state index contributed by atoms with van der Waals surface area (Å²) in [6.45, 7) is 3.21. The van der Waals surface area contributed by atoms with E-state index >= 15 is 0 Å². The Labute approximate surface area is 240 Å². The molecule has 4 saturated heterocycles. The van der Waals surface area contributed by atoms with Crippen molar-refractivity contribution in [1.29, 1.82) is 0 Å². The summed E-state index contributed by atoms with van der Waals surface area (Å²) in [6, 6.07) is 5.56. The van der Waals surface area contributed by atoms with Crippen molar-refractivity contribution < 1.29 is 22.7 Å². The van der Waals surface area contributed by atoms with Gasteiger partial charge in [0.15, 0.2) is 17.2 Å². The largest absolute Gasteiger partial charge is 0.481 e. The maximum atomic E-state index is 14.5. The van der Waals surface area contributed by atoms with Gasteiger partial charge in [0.1, 0.15) is 23.8 Å². The molecule has 0 spiro atoms. The maximum Gasteiger partial charge on any atom is 0.319 e. The lowest BCUT2D eigenvalue weighted by Crippen LogP contribution is -2.51. The second-order valence-corrected chi connectivity index (χ2v) is 12.0. The fourth-order valence-corrected chi connectivity index (χ4v) is 7.47. The van der Waals surface area contributed by atoms with Crippen molar-refractivity contribution in [2.75, 3.05) is 50.5 Å². The molecule has 4 aliphatic heterocycles. The van der Waals surface area contributed by atoms with E-state index in [0.717, 1.165) is 45.3 Å². The Kier molecular flexibility index (Phi) is 5.90. The standard InChI is InChI=1S/C29H32F2N8O3/c1-40-26-19(18-5-6-20(31)24-22(18)36-27(32)42-24)9-21-23(35-26)25(38-12-16-3-4-17(13-38)33-16)37-28(34-21)41-14-29-7-2-8-39(29)11-15(30)10-29/h5-6,9,15-17,33H,2-4,7-8,10-14H2,1H3,(H2,32,36)/t15-,16?,17?,29?/m1/s1. The molecule has 3 aromatic heterocycles. The second-order valence-electron chi connectivity index (χ2n) is 12.0. The normalized spacial score (nSPS) is 27.3. The van der Waals surface area contributed by atoms with Gasteiger partial charge in [0.25, 0.3) is 6.01 Å². The number of anilines is 2. The van der Waals surface area contributed by atoms with Crippen LogP contribution >= 0.6 is 0 Å². The van der Waals surface area contributed by atoms with Crippen molar-refractivity contribution in [2.24, 2.45) is 0 Å². The van der Waals surface area contributed by atoms with Crippen molar-refractivity contribution in [3.05, 3.63) is 24.0 Å². The molecule has 4 aliphatic rings. The number of benzene rings is 1. The number of nitrogen functional groups attached to an aromatic ring is 1. The Balaban J connectivity index is 1.25. The van der Waals surface area contributed by atoms with Gasteiger partial charge in [-0.15, -0.1) is 0 Å². The molecule has 8 rings (SSSR count). The number of ether oxygens (including phenoxy) is 2. The number of nitrogens with zero attached hydrogens (tertiary/aromatic N) is 6. The highest BCUT2D eigenvalue weighted by atomic mass is 19.1. The monoisotopic (exact) mass is 578 g/mol. The summed E-state index contributed by atoms with van der Waals surface area (Å²) < 4.78 is 46.3. The minimum Gasteiger partial charge on any atom is -0.481 e. The third kappa shape index (κ3) is 4.12. The zero-order valence-corrected chi connectivity index (χ0v) is 23.3. The molecule has 220 valence electrons. The van der Waals surface area contributed by atoms with Crippen molar-refractivity contribution in [1.82, 2.24) is 30.2 Å². The predicted molar refractivity (Wildman–Crippen MR) is 152 cm³/mol. The van der Waals surface area contributed by atoms with Crippen molar-refractivity contribution in [3.8, 4) is 23.0 Å². The Hall–Kier alpha value is -3.84. The van der Waals surface area contributed by atoms with Crippen LogP contribution in [0.5, 0.6) is 11.9 Å². The number of fused-ring (bicyclic) bond motifs is 5. The molecule has 7 heterocycles. The van der Waals surface area contributed by atoms with Crippen molar-refractivity contribution in [3.63, 3.8) is 0 Å². The zero-order chi connectivity index (χ0) is 28.6. The number of methoxy groups -OCH3 is 1. The van der Waals surface area contributed by atoms with Crippen LogP contribution in [-0.4, -0.2) is 88.5 Å². The van der Waals surface area contributed by atoms with Gasteiger partial charge in [0, 0.05) is 49.3 Å². The molecule has 4 atom stereocenters. The van der Waals surface area contributed by atoms with E-state index in [-0.39, 0.29) is 28.7 Å². The van der Waals surface area contributed by atoms with Gasteiger partial charge in [-0.2, -0.15) is 15.0 Å². The van der Waals surface area contributed by atoms with Crippen LogP contribution in [0.1, 0.15) is 32.1 Å². The van der Waals surface area contributed by atoms with E-state index in [9.17, 15) is 8.78 Å². The summed E-state index contributed by atoms with van der Waals surface area (Å²) >= 11 is 0. The minimum absolute atomic E-state index is 0.0426. The number of nitrogens with two attached hydrogens (primary N) is 1. The van der Waals surface area contributed by atoms with Gasteiger partial charge in [-0.1, -0.05) is 0 Å². The molecule has 4 fully saturated rings. The first-order valence-corrected chi connectivity index (χ1v) is 14.5. The van der Waals surface area contributed by atoms with Crippen molar-refractivity contribution >= 4 is 34.0 Å². The molecule has 3 N–H and O–H groups in total. The predicted octanol–water partition coefficient (Wildman–Crippen LogP) is 3.46. The number of oxazole rings is 1. The molecule has 2 bridgehead atoms. The molecule has 11 nitrogen and oxygen atoms in total. The average molecular weight is 579 g/mol. The summed E-state index contributed by atoms with van der Waals surface area (Å²) in [7, 11) is 1.53. The Morgan fingerprint density at radius 3 is 2.74 bits per heavy atom. The molecule has 13 heteroatoms. The van der Waals surface area contributed by atoms with E-state index in [2.05, 4.69) is 20.1 Å². The molecule has 0 aliphatic carbocycles. The van der Waals surface area contributed by atoms with E-state index in [1.54, 1.807) is 6.07 Å². The van der Waals surface area contributed by atoms with Gasteiger partial charge >= 0.3 is 6.01 Å². The highest BCUT2D eigenvalue weighted by Crippen LogP contribution is 2.42. The van der Waals surface area contributed by atoms with E-state index in [1.165, 1.54) is 13.2 Å². The topological polar surface area (TPSA) is 128 Å². The smallest absolute Gasteiger partial charge is 0.319 e. The van der Waals surface area contributed by atoms with Crippen LogP contribution in [0.2, 0.25) is 0 Å². The Morgan fingerprint density at radius 2 is 1.93 bits per heavy atom. The van der Waals surface area contributed by atoms with Gasteiger partial charge in [-0.3, -0.25) is 4.90 Å². The van der Waals surface area contributed by atoms with Gasteiger partial charge in [-0.05, 0) is 50.4 Å². The van der Waals surface area contributed by atoms with Crippen LogP contribution in [0.4, 0.5) is 20.6 Å². The number of aromatic nitrogens is 4. The number of halogens is 2. The molecule has 4 aromatic rings. The molecule has 0 saturated carbocycles. The number of rotatable bonds is 6. The Morgan fingerprint density at radius 1 is 1.10 bits per heavy atom. The highest BCUT2D eigenvalue weighted by molar-refractivity contribution is 5.97. The fourth-order valence-electron chi connectivity index (χ4n) is 7.47. The number of nitrogens with one attached hydrogen (secondary N) is 1. The first-order valence-electron chi connectivity index (χ1n) is 14.5. The van der Waals surface area contributed by atoms with Crippen LogP contribution in [0.25, 0.3) is 33.3 Å². The lowest BCUT2D eigenvalue weighted by Gasteiger charge is -2.34. The lowest BCUT2D eigenvalue weighted by molar-refractivity contribution is 0.107. The summed E-state index contributed by atoms with van der Waals surface area (Å²) in [5.74, 6) is 0.417. The van der Waals surface area contributed by atoms with E-state index in [4.69, 9.17) is 34.6 Å². The third-order valence-corrected chi connectivity index (χ3v) is 9.34. The Bertz CT molecular complexity index is 1690. The summed E-state index contributed by atoms with van der Waals surface area (Å²) in [5, 5.41) is 3.66. The number of alkyl halides is 1. The highest BCUT2D eigenvalue weighted by Gasteiger charge is 2.49. The van der Waals surface area contributed by atoms with E-state index in [0.29, 0.717) is 65.5 Å². The molecule has 0 amide bonds. The first-order chi connectivity index (χ1) is 20.4. The van der Waals surface area contributed by atoms with Crippen LogP contribution in [0.15, 0.2) is 22.6 Å². The van der Waals surface area contributed by atoms with Crippen LogP contribution in [-0.2, 0) is 0 Å². The lowest BCUT2D eigenvalue weighted by atomic mass is 9.95. The molecular weight excluding hydrogens is 546 g/mol. The summed E-state index contributed by atoms with van der Waals surface area (Å²) in [5.41, 5.74) is 7.88. The number of piperazine rings is 1. The minimum atomic E-state index is -0.851. The number of hydrogen-bond acceptors (Lipinski definition) is 11. The molecule has 0 radical (unpaired) electrons. The van der Waals surface area contributed by atoms with Crippen LogP contribution in [0, 0.1) is 5.82 Å². The van der Waals surface area contributed by atoms with Gasteiger partial charge in [0.2, 0.25) is 5.88 Å². The van der Waals surface area contributed by atoms with Crippen LogP contribution < -0.4 is 25.4 Å².